The Morgan fingerprint density at radius 2 is 2.00 bits per heavy atom. The standard InChI is InChI=1S/C15H22N4OS/c1-3-5-9-16-15-17-13(11-21-15)12-7-8-14(20)19(18-12)10-6-4-2/h7-8,11H,3-6,9-10H2,1-2H3,(H,16,17). The number of rotatable bonds is 8. The summed E-state index contributed by atoms with van der Waals surface area (Å²) >= 11 is 1.57. The zero-order chi connectivity index (χ0) is 15.1. The first-order valence-electron chi connectivity index (χ1n) is 7.52. The van der Waals surface area contributed by atoms with Gasteiger partial charge in [0.2, 0.25) is 0 Å². The molecule has 0 bridgehead atoms. The fourth-order valence-corrected chi connectivity index (χ4v) is 2.63. The predicted octanol–water partition coefficient (Wildman–Crippen LogP) is 3.38. The van der Waals surface area contributed by atoms with E-state index < -0.39 is 0 Å². The maximum absolute atomic E-state index is 11.8. The van der Waals surface area contributed by atoms with Crippen molar-refractivity contribution in [1.29, 1.82) is 0 Å². The first-order chi connectivity index (χ1) is 10.2. The van der Waals surface area contributed by atoms with E-state index in [0.29, 0.717) is 6.54 Å². The van der Waals surface area contributed by atoms with Crippen molar-refractivity contribution in [2.75, 3.05) is 11.9 Å². The Kier molecular flexibility index (Phi) is 5.92. The van der Waals surface area contributed by atoms with Gasteiger partial charge in [0.25, 0.3) is 5.56 Å². The summed E-state index contributed by atoms with van der Waals surface area (Å²) in [5.41, 5.74) is 1.53. The van der Waals surface area contributed by atoms with Crippen LogP contribution in [0.1, 0.15) is 39.5 Å². The average Bonchev–Trinajstić information content (AvgIpc) is 2.95. The van der Waals surface area contributed by atoms with Gasteiger partial charge in [-0.2, -0.15) is 5.10 Å². The number of aromatic nitrogens is 3. The number of thiazole rings is 1. The van der Waals surface area contributed by atoms with E-state index in [-0.39, 0.29) is 5.56 Å². The molecule has 0 amide bonds. The Bertz CT molecular complexity index is 620. The number of aryl methyl sites for hydroxylation is 1. The van der Waals surface area contributed by atoms with Gasteiger partial charge in [-0.05, 0) is 18.9 Å². The molecule has 0 saturated heterocycles. The quantitative estimate of drug-likeness (QED) is 0.760. The third kappa shape index (κ3) is 4.39. The van der Waals surface area contributed by atoms with Gasteiger partial charge in [-0.1, -0.05) is 26.7 Å². The molecule has 0 radical (unpaired) electrons. The van der Waals surface area contributed by atoms with Crippen molar-refractivity contribution in [2.24, 2.45) is 0 Å². The van der Waals surface area contributed by atoms with Crippen molar-refractivity contribution < 1.29 is 0 Å². The summed E-state index contributed by atoms with van der Waals surface area (Å²) in [5.74, 6) is 0. The first-order valence-corrected chi connectivity index (χ1v) is 8.40. The number of anilines is 1. The number of nitrogens with zero attached hydrogens (tertiary/aromatic N) is 3. The largest absolute Gasteiger partial charge is 0.362 e. The zero-order valence-corrected chi connectivity index (χ0v) is 13.4. The molecule has 2 aromatic heterocycles. The topological polar surface area (TPSA) is 59.8 Å². The highest BCUT2D eigenvalue weighted by molar-refractivity contribution is 7.14. The summed E-state index contributed by atoms with van der Waals surface area (Å²) < 4.78 is 1.53. The van der Waals surface area contributed by atoms with Crippen LogP contribution in [-0.2, 0) is 6.54 Å². The van der Waals surface area contributed by atoms with Crippen molar-refractivity contribution in [2.45, 2.75) is 46.1 Å². The predicted molar refractivity (Wildman–Crippen MR) is 87.9 cm³/mol. The van der Waals surface area contributed by atoms with E-state index in [1.54, 1.807) is 23.5 Å². The Labute approximate surface area is 129 Å². The van der Waals surface area contributed by atoms with Gasteiger partial charge >= 0.3 is 0 Å². The molecular formula is C15H22N4OS. The molecule has 21 heavy (non-hydrogen) atoms. The van der Waals surface area contributed by atoms with Crippen LogP contribution in [-0.4, -0.2) is 21.3 Å². The van der Waals surface area contributed by atoms with Crippen LogP contribution in [0, 0.1) is 0 Å². The molecule has 5 nitrogen and oxygen atoms in total. The molecule has 0 fully saturated rings. The van der Waals surface area contributed by atoms with Gasteiger partial charge in [0, 0.05) is 24.5 Å². The van der Waals surface area contributed by atoms with Crippen LogP contribution in [0.2, 0.25) is 0 Å². The van der Waals surface area contributed by atoms with Crippen LogP contribution in [0.5, 0.6) is 0 Å². The Morgan fingerprint density at radius 3 is 2.76 bits per heavy atom. The van der Waals surface area contributed by atoms with Crippen LogP contribution < -0.4 is 10.9 Å². The molecule has 0 spiro atoms. The molecule has 0 aliphatic carbocycles. The summed E-state index contributed by atoms with van der Waals surface area (Å²) in [7, 11) is 0. The van der Waals surface area contributed by atoms with Gasteiger partial charge in [-0.3, -0.25) is 4.79 Å². The lowest BCUT2D eigenvalue weighted by atomic mass is 10.3. The molecule has 1 N–H and O–H groups in total. The maximum atomic E-state index is 11.8. The van der Waals surface area contributed by atoms with Gasteiger partial charge in [0.05, 0.1) is 0 Å². The second kappa shape index (κ2) is 7.93. The monoisotopic (exact) mass is 306 g/mol. The van der Waals surface area contributed by atoms with Gasteiger partial charge < -0.3 is 5.32 Å². The second-order valence-corrected chi connectivity index (χ2v) is 5.81. The van der Waals surface area contributed by atoms with Crippen LogP contribution in [0.4, 0.5) is 5.13 Å². The summed E-state index contributed by atoms with van der Waals surface area (Å²) in [6.45, 7) is 5.86. The molecule has 0 aliphatic rings. The van der Waals surface area contributed by atoms with E-state index in [1.807, 2.05) is 5.38 Å². The van der Waals surface area contributed by atoms with Crippen molar-refractivity contribution in [3.8, 4) is 11.4 Å². The van der Waals surface area contributed by atoms with Crippen molar-refractivity contribution in [1.82, 2.24) is 14.8 Å². The molecule has 2 aromatic rings. The lowest BCUT2D eigenvalue weighted by Crippen LogP contribution is -2.22. The van der Waals surface area contributed by atoms with E-state index >= 15 is 0 Å². The molecule has 114 valence electrons. The Hall–Kier alpha value is -1.69. The summed E-state index contributed by atoms with van der Waals surface area (Å²) in [4.78, 5) is 16.3. The molecule has 0 unspecified atom stereocenters. The maximum Gasteiger partial charge on any atom is 0.266 e. The van der Waals surface area contributed by atoms with Gasteiger partial charge in [0.1, 0.15) is 11.4 Å². The third-order valence-electron chi connectivity index (χ3n) is 3.16. The van der Waals surface area contributed by atoms with Crippen molar-refractivity contribution in [3.63, 3.8) is 0 Å². The van der Waals surface area contributed by atoms with Crippen LogP contribution in [0.25, 0.3) is 11.4 Å². The highest BCUT2D eigenvalue weighted by Gasteiger charge is 2.07. The molecule has 0 atom stereocenters. The van der Waals surface area contributed by atoms with E-state index in [0.717, 1.165) is 48.7 Å². The second-order valence-electron chi connectivity index (χ2n) is 4.95. The highest BCUT2D eigenvalue weighted by Crippen LogP contribution is 2.22. The van der Waals surface area contributed by atoms with E-state index in [4.69, 9.17) is 0 Å². The molecule has 2 rings (SSSR count). The molecule has 2 heterocycles. The lowest BCUT2D eigenvalue weighted by molar-refractivity contribution is 0.545. The zero-order valence-electron chi connectivity index (χ0n) is 12.6. The molecule has 0 saturated carbocycles. The lowest BCUT2D eigenvalue weighted by Gasteiger charge is -2.04. The molecule has 0 aliphatic heterocycles. The van der Waals surface area contributed by atoms with Crippen LogP contribution >= 0.6 is 11.3 Å². The van der Waals surface area contributed by atoms with E-state index in [1.165, 1.54) is 4.68 Å². The highest BCUT2D eigenvalue weighted by atomic mass is 32.1. The smallest absolute Gasteiger partial charge is 0.266 e. The van der Waals surface area contributed by atoms with Crippen molar-refractivity contribution in [3.05, 3.63) is 27.9 Å². The SMILES string of the molecule is CCCCNc1nc(-c2ccc(=O)n(CCCC)n2)cs1. The normalized spacial score (nSPS) is 10.8. The minimum absolute atomic E-state index is 0.0521. The third-order valence-corrected chi connectivity index (χ3v) is 3.96. The number of unbranched alkanes of at least 4 members (excludes halogenated alkanes) is 2. The van der Waals surface area contributed by atoms with Crippen molar-refractivity contribution >= 4 is 16.5 Å². The number of hydrogen-bond donors (Lipinski definition) is 1. The summed E-state index contributed by atoms with van der Waals surface area (Å²) in [6.07, 6.45) is 4.29. The number of nitrogens with one attached hydrogen (secondary N) is 1. The summed E-state index contributed by atoms with van der Waals surface area (Å²) in [5, 5.41) is 10.6. The minimum Gasteiger partial charge on any atom is -0.362 e. The number of hydrogen-bond acceptors (Lipinski definition) is 5. The fraction of sp³-hybridized carbons (Fsp3) is 0.533. The van der Waals surface area contributed by atoms with Crippen LogP contribution in [0.3, 0.4) is 0 Å². The molecule has 6 heteroatoms. The summed E-state index contributed by atoms with van der Waals surface area (Å²) in [6, 6.07) is 3.32. The Balaban J connectivity index is 2.12. The van der Waals surface area contributed by atoms with Crippen LogP contribution in [0.15, 0.2) is 22.3 Å². The molecular weight excluding hydrogens is 284 g/mol. The van der Waals surface area contributed by atoms with Gasteiger partial charge in [-0.25, -0.2) is 9.67 Å². The minimum atomic E-state index is -0.0521. The van der Waals surface area contributed by atoms with Gasteiger partial charge in [-0.15, -0.1) is 11.3 Å². The molecule has 0 aromatic carbocycles. The van der Waals surface area contributed by atoms with E-state index in [2.05, 4.69) is 29.2 Å². The fourth-order valence-electron chi connectivity index (χ4n) is 1.90. The van der Waals surface area contributed by atoms with E-state index in [9.17, 15) is 4.79 Å². The Morgan fingerprint density at radius 1 is 1.19 bits per heavy atom. The first kappa shape index (κ1) is 15.7. The average molecular weight is 306 g/mol. The van der Waals surface area contributed by atoms with Gasteiger partial charge in [0.15, 0.2) is 5.13 Å².